The Morgan fingerprint density at radius 2 is 2.08 bits per heavy atom. The van der Waals surface area contributed by atoms with Crippen molar-refractivity contribution in [3.05, 3.63) is 35.1 Å². The number of hydrogen-bond acceptors (Lipinski definition) is 6. The second-order valence-electron chi connectivity index (χ2n) is 6.11. The molecule has 2 heterocycles. The van der Waals surface area contributed by atoms with Crippen LogP contribution in [0.3, 0.4) is 0 Å². The molecule has 7 nitrogen and oxygen atoms in total. The van der Waals surface area contributed by atoms with Crippen molar-refractivity contribution in [3.8, 4) is 11.5 Å². The minimum absolute atomic E-state index is 0.0519. The van der Waals surface area contributed by atoms with Gasteiger partial charge in [-0.15, -0.1) is 0 Å². The van der Waals surface area contributed by atoms with Crippen LogP contribution in [0.2, 0.25) is 5.02 Å². The van der Waals surface area contributed by atoms with E-state index in [0.29, 0.717) is 36.4 Å². The highest BCUT2D eigenvalue weighted by Gasteiger charge is 2.29. The lowest BCUT2D eigenvalue weighted by Gasteiger charge is -2.37. The Bertz CT molecular complexity index is 744. The molecule has 1 aliphatic rings. The zero-order valence-corrected chi connectivity index (χ0v) is 15.8. The fourth-order valence-electron chi connectivity index (χ4n) is 3.14. The van der Waals surface area contributed by atoms with E-state index in [4.69, 9.17) is 20.9 Å². The van der Waals surface area contributed by atoms with Crippen LogP contribution < -0.4 is 0 Å². The zero-order valence-electron chi connectivity index (χ0n) is 15.0. The van der Waals surface area contributed by atoms with Gasteiger partial charge in [-0.2, -0.15) is 4.98 Å². The maximum absolute atomic E-state index is 11.8. The van der Waals surface area contributed by atoms with Gasteiger partial charge < -0.3 is 14.2 Å². The predicted molar refractivity (Wildman–Crippen MR) is 97.9 cm³/mol. The highest BCUT2D eigenvalue weighted by molar-refractivity contribution is 6.30. The van der Waals surface area contributed by atoms with Crippen molar-refractivity contribution < 1.29 is 14.1 Å². The largest absolute Gasteiger partial charge is 0.450 e. The predicted octanol–water partition coefficient (Wildman–Crippen LogP) is 3.62. The monoisotopic (exact) mass is 378 g/mol. The molecule has 1 aliphatic heterocycles. The fraction of sp³-hybridized carbons (Fsp3) is 0.500. The van der Waals surface area contributed by atoms with Gasteiger partial charge in [0, 0.05) is 36.8 Å². The average molecular weight is 379 g/mol. The smallest absolute Gasteiger partial charge is 0.409 e. The lowest BCUT2D eigenvalue weighted by molar-refractivity contribution is 0.0629. The highest BCUT2D eigenvalue weighted by Crippen LogP contribution is 2.27. The molecule has 0 radical (unpaired) electrons. The van der Waals surface area contributed by atoms with Crippen LogP contribution in [-0.2, 0) is 4.74 Å². The number of benzene rings is 1. The van der Waals surface area contributed by atoms with Gasteiger partial charge in [0.1, 0.15) is 0 Å². The van der Waals surface area contributed by atoms with Crippen molar-refractivity contribution in [2.45, 2.75) is 26.3 Å². The Morgan fingerprint density at radius 1 is 1.31 bits per heavy atom. The molecule has 1 saturated heterocycles. The number of hydrogen-bond donors (Lipinski definition) is 0. The molecular formula is C18H23ClN4O3. The lowest BCUT2D eigenvalue weighted by atomic mass is 10.1. The van der Waals surface area contributed by atoms with Crippen molar-refractivity contribution in [3.63, 3.8) is 0 Å². The lowest BCUT2D eigenvalue weighted by Crippen LogP contribution is -2.49. The molecule has 2 aromatic rings. The molecule has 140 valence electrons. The van der Waals surface area contributed by atoms with Gasteiger partial charge in [-0.25, -0.2) is 4.79 Å². The Hall–Kier alpha value is -2.12. The summed E-state index contributed by atoms with van der Waals surface area (Å²) in [5.41, 5.74) is 0.804. The molecule has 0 unspecified atom stereocenters. The molecule has 1 fully saturated rings. The summed E-state index contributed by atoms with van der Waals surface area (Å²) in [5, 5.41) is 4.81. The summed E-state index contributed by atoms with van der Waals surface area (Å²) in [6.45, 7) is 7.07. The van der Waals surface area contributed by atoms with Crippen LogP contribution in [0.5, 0.6) is 0 Å². The van der Waals surface area contributed by atoms with Gasteiger partial charge >= 0.3 is 6.09 Å². The van der Waals surface area contributed by atoms with Crippen molar-refractivity contribution in [2.75, 3.05) is 32.8 Å². The van der Waals surface area contributed by atoms with Gasteiger partial charge in [0.2, 0.25) is 0 Å². The summed E-state index contributed by atoms with van der Waals surface area (Å²) in [5.74, 6) is 1.12. The molecule has 26 heavy (non-hydrogen) atoms. The van der Waals surface area contributed by atoms with Crippen molar-refractivity contribution in [2.24, 2.45) is 0 Å². The van der Waals surface area contributed by atoms with Crippen LogP contribution >= 0.6 is 11.6 Å². The fourth-order valence-corrected chi connectivity index (χ4v) is 3.33. The Labute approximate surface area is 157 Å². The molecule has 0 N–H and O–H groups in total. The van der Waals surface area contributed by atoms with Gasteiger partial charge in [0.05, 0.1) is 12.6 Å². The summed E-state index contributed by atoms with van der Waals surface area (Å²) in [7, 11) is 0. The molecule has 1 atom stereocenters. The SMILES string of the molecule is CCOC(=O)N1CCN([C@@H](CC)c2noc(-c3cccc(Cl)c3)n2)CC1. The first-order valence-electron chi connectivity index (χ1n) is 8.87. The van der Waals surface area contributed by atoms with E-state index in [9.17, 15) is 4.79 Å². The molecule has 1 amide bonds. The van der Waals surface area contributed by atoms with Crippen LogP contribution in [0.15, 0.2) is 28.8 Å². The van der Waals surface area contributed by atoms with E-state index in [1.807, 2.05) is 19.1 Å². The zero-order chi connectivity index (χ0) is 18.5. The number of piperazine rings is 1. The number of ether oxygens (including phenoxy) is 1. The second kappa shape index (κ2) is 8.51. The maximum atomic E-state index is 11.8. The van der Waals surface area contributed by atoms with Gasteiger partial charge in [-0.05, 0) is 31.5 Å². The highest BCUT2D eigenvalue weighted by atomic mass is 35.5. The maximum Gasteiger partial charge on any atom is 0.409 e. The average Bonchev–Trinajstić information content (AvgIpc) is 3.13. The van der Waals surface area contributed by atoms with Gasteiger partial charge in [0.25, 0.3) is 5.89 Å². The van der Waals surface area contributed by atoms with Gasteiger partial charge in [-0.3, -0.25) is 4.90 Å². The molecule has 0 spiro atoms. The Balaban J connectivity index is 1.68. The minimum Gasteiger partial charge on any atom is -0.450 e. The van der Waals surface area contributed by atoms with Gasteiger partial charge in [-0.1, -0.05) is 29.7 Å². The summed E-state index contributed by atoms with van der Waals surface area (Å²) in [6.07, 6.45) is 0.608. The van der Waals surface area contributed by atoms with Gasteiger partial charge in [0.15, 0.2) is 5.82 Å². The summed E-state index contributed by atoms with van der Waals surface area (Å²) < 4.78 is 10.5. The number of carbonyl (C=O) groups is 1. The topological polar surface area (TPSA) is 71.7 Å². The first-order chi connectivity index (χ1) is 12.6. The molecular weight excluding hydrogens is 356 g/mol. The van der Waals surface area contributed by atoms with E-state index in [1.54, 1.807) is 17.0 Å². The molecule has 3 rings (SSSR count). The standard InChI is InChI=1S/C18H23ClN4O3/c1-3-15(22-8-10-23(11-9-22)18(24)25-4-2)16-20-17(26-21-16)13-6-5-7-14(19)12-13/h5-7,12,15H,3-4,8-11H2,1-2H3/t15-/m0/s1. The van der Waals surface area contributed by atoms with Crippen LogP contribution in [0.25, 0.3) is 11.5 Å². The Kier molecular flexibility index (Phi) is 6.11. The molecule has 8 heteroatoms. The molecule has 1 aromatic carbocycles. The molecule has 0 aliphatic carbocycles. The summed E-state index contributed by atoms with van der Waals surface area (Å²) >= 11 is 6.03. The van der Waals surface area contributed by atoms with E-state index < -0.39 is 0 Å². The quantitative estimate of drug-likeness (QED) is 0.791. The van der Waals surface area contributed by atoms with Crippen LogP contribution in [0.4, 0.5) is 4.79 Å². The third-order valence-corrected chi connectivity index (χ3v) is 4.71. The number of nitrogens with zero attached hydrogens (tertiary/aromatic N) is 4. The first-order valence-corrected chi connectivity index (χ1v) is 9.25. The number of rotatable bonds is 5. The van der Waals surface area contributed by atoms with Crippen molar-refractivity contribution in [1.82, 2.24) is 19.9 Å². The van der Waals surface area contributed by atoms with E-state index in [0.717, 1.165) is 25.1 Å². The number of carbonyl (C=O) groups excluding carboxylic acids is 1. The number of halogens is 1. The molecule has 0 saturated carbocycles. The third kappa shape index (κ3) is 4.16. The van der Waals surface area contributed by atoms with Crippen LogP contribution in [-0.4, -0.2) is 58.8 Å². The summed E-state index contributed by atoms with van der Waals surface area (Å²) in [6, 6.07) is 7.41. The van der Waals surface area contributed by atoms with E-state index in [-0.39, 0.29) is 12.1 Å². The first kappa shape index (κ1) is 18.7. The van der Waals surface area contributed by atoms with Crippen molar-refractivity contribution in [1.29, 1.82) is 0 Å². The van der Waals surface area contributed by atoms with E-state index >= 15 is 0 Å². The van der Waals surface area contributed by atoms with Crippen LogP contribution in [0, 0.1) is 0 Å². The van der Waals surface area contributed by atoms with E-state index in [1.165, 1.54) is 0 Å². The normalized spacial score (nSPS) is 16.5. The van der Waals surface area contributed by atoms with Crippen molar-refractivity contribution >= 4 is 17.7 Å². The van der Waals surface area contributed by atoms with E-state index in [2.05, 4.69) is 22.0 Å². The summed E-state index contributed by atoms with van der Waals surface area (Å²) in [4.78, 5) is 20.4. The number of aromatic nitrogens is 2. The van der Waals surface area contributed by atoms with Crippen LogP contribution in [0.1, 0.15) is 32.1 Å². The third-order valence-electron chi connectivity index (χ3n) is 4.48. The molecule has 0 bridgehead atoms. The molecule has 1 aromatic heterocycles. The number of amides is 1. The Morgan fingerprint density at radius 3 is 2.73 bits per heavy atom. The minimum atomic E-state index is -0.247. The second-order valence-corrected chi connectivity index (χ2v) is 6.55.